The molecule has 0 saturated carbocycles. The van der Waals surface area contributed by atoms with Crippen LogP contribution in [0.3, 0.4) is 0 Å². The summed E-state index contributed by atoms with van der Waals surface area (Å²) in [4.78, 5) is 10.0. The van der Waals surface area contributed by atoms with E-state index in [1.54, 1.807) is 0 Å². The molecule has 0 spiro atoms. The number of aliphatic carboxylic acids is 1. The first kappa shape index (κ1) is 10.3. The lowest BCUT2D eigenvalue weighted by Crippen LogP contribution is -2.48. The lowest BCUT2D eigenvalue weighted by molar-refractivity contribution is -0.153. The minimum absolute atomic E-state index is 0.578. The number of rotatable bonds is 4. The molecule has 0 fully saturated rings. The Bertz CT molecular complexity index is 139. The van der Waals surface area contributed by atoms with Crippen molar-refractivity contribution in [1.82, 2.24) is 0 Å². The predicted molar refractivity (Wildman–Crippen MR) is 34.7 cm³/mol. The Morgan fingerprint density at radius 2 is 1.91 bits per heavy atom. The number of aliphatic hydroxyl groups is 3. The molecule has 11 heavy (non-hydrogen) atoms. The molecule has 3 atom stereocenters. The molecule has 0 bridgehead atoms. The summed E-state index contributed by atoms with van der Waals surface area (Å²) in [6, 6.07) is -1.14. The average molecular weight is 165 g/mol. The summed E-state index contributed by atoms with van der Waals surface area (Å²) in [5.74, 6) is -1.57. The molecule has 0 aromatic rings. The van der Waals surface area contributed by atoms with Gasteiger partial charge in [0.05, 0.1) is 12.6 Å². The monoisotopic (exact) mass is 165 g/mol. The quantitative estimate of drug-likeness (QED) is 0.304. The van der Waals surface area contributed by atoms with Crippen LogP contribution >= 0.6 is 0 Å². The molecule has 0 aromatic heterocycles. The third kappa shape index (κ3) is 2.81. The van der Waals surface area contributed by atoms with Crippen LogP contribution in [0.2, 0.25) is 0 Å². The first-order valence-electron chi connectivity index (χ1n) is 2.96. The molecule has 0 aliphatic rings. The lowest BCUT2D eigenvalue weighted by atomic mass is 10.1. The molecular weight excluding hydrogens is 154 g/mol. The van der Waals surface area contributed by atoms with Gasteiger partial charge in [0.2, 0.25) is 0 Å². The second kappa shape index (κ2) is 4.24. The molecule has 0 rings (SSSR count). The third-order valence-corrected chi connectivity index (χ3v) is 1.23. The van der Waals surface area contributed by atoms with Crippen LogP contribution in [0, 0.1) is 0 Å². The van der Waals surface area contributed by atoms with Crippen LogP contribution in [0.25, 0.3) is 0 Å². The molecule has 0 aliphatic carbocycles. The first-order chi connectivity index (χ1) is 5.00. The van der Waals surface area contributed by atoms with Gasteiger partial charge in [-0.1, -0.05) is 0 Å². The second-order valence-electron chi connectivity index (χ2n) is 2.12. The summed E-state index contributed by atoms with van der Waals surface area (Å²) in [5.41, 5.74) is 5.03. The molecule has 0 heterocycles. The van der Waals surface area contributed by atoms with Gasteiger partial charge in [0.15, 0.2) is 6.10 Å². The van der Waals surface area contributed by atoms with E-state index < -0.39 is 30.8 Å². The van der Waals surface area contributed by atoms with Gasteiger partial charge >= 0.3 is 5.97 Å². The Kier molecular flexibility index (Phi) is 3.98. The second-order valence-corrected chi connectivity index (χ2v) is 2.12. The van der Waals surface area contributed by atoms with Crippen LogP contribution in [-0.4, -0.2) is 51.3 Å². The highest BCUT2D eigenvalue weighted by atomic mass is 16.4. The number of hydrogen-bond acceptors (Lipinski definition) is 5. The van der Waals surface area contributed by atoms with Gasteiger partial charge in [0, 0.05) is 0 Å². The minimum Gasteiger partial charge on any atom is -0.479 e. The van der Waals surface area contributed by atoms with Gasteiger partial charge < -0.3 is 26.2 Å². The minimum atomic E-state index is -1.95. The smallest absolute Gasteiger partial charge is 0.335 e. The van der Waals surface area contributed by atoms with E-state index in [-0.39, 0.29) is 0 Å². The van der Waals surface area contributed by atoms with E-state index in [9.17, 15) is 4.79 Å². The zero-order valence-electron chi connectivity index (χ0n) is 5.71. The van der Waals surface area contributed by atoms with E-state index in [4.69, 9.17) is 26.2 Å². The van der Waals surface area contributed by atoms with Crippen molar-refractivity contribution in [2.45, 2.75) is 18.2 Å². The number of nitrogens with two attached hydrogens (primary N) is 1. The summed E-state index contributed by atoms with van der Waals surface area (Å²) in [5, 5.41) is 34.0. The van der Waals surface area contributed by atoms with Crippen LogP contribution in [0.1, 0.15) is 0 Å². The van der Waals surface area contributed by atoms with E-state index in [0.717, 1.165) is 0 Å². The summed E-state index contributed by atoms with van der Waals surface area (Å²) in [6.07, 6.45) is -3.59. The van der Waals surface area contributed by atoms with Gasteiger partial charge in [-0.25, -0.2) is 4.79 Å². The molecule has 0 unspecified atom stereocenters. The van der Waals surface area contributed by atoms with Crippen molar-refractivity contribution in [2.24, 2.45) is 5.73 Å². The van der Waals surface area contributed by atoms with Crippen molar-refractivity contribution in [3.8, 4) is 0 Å². The van der Waals surface area contributed by atoms with E-state index in [0.29, 0.717) is 0 Å². The first-order valence-corrected chi connectivity index (χ1v) is 2.96. The highest BCUT2D eigenvalue weighted by molar-refractivity contribution is 5.72. The van der Waals surface area contributed by atoms with E-state index in [1.165, 1.54) is 0 Å². The summed E-state index contributed by atoms with van der Waals surface area (Å²) in [6.45, 7) is -0.578. The van der Waals surface area contributed by atoms with Gasteiger partial charge in [-0.3, -0.25) is 0 Å². The number of hydrogen-bond donors (Lipinski definition) is 5. The van der Waals surface area contributed by atoms with Crippen molar-refractivity contribution in [1.29, 1.82) is 0 Å². The average Bonchev–Trinajstić information content (AvgIpc) is 2.00. The number of aliphatic hydroxyl groups excluding tert-OH is 3. The Morgan fingerprint density at radius 3 is 2.18 bits per heavy atom. The molecular formula is C5H11NO5. The Balaban J connectivity index is 4.00. The standard InChI is InChI=1S/C5H11NO5/c6-2(1-7)3(8)4(9)5(10)11/h2-4,7-9H,1,6H2,(H,10,11)/t2-,3+,4-/m1/s1. The van der Waals surface area contributed by atoms with E-state index in [1.807, 2.05) is 0 Å². The molecule has 0 radical (unpaired) electrons. The van der Waals surface area contributed by atoms with Crippen LogP contribution < -0.4 is 5.73 Å². The maximum absolute atomic E-state index is 10.0. The van der Waals surface area contributed by atoms with Crippen molar-refractivity contribution < 1.29 is 25.2 Å². The number of carboxylic acid groups (broad SMARTS) is 1. The van der Waals surface area contributed by atoms with Crippen molar-refractivity contribution in [2.75, 3.05) is 6.61 Å². The molecule has 0 aliphatic heterocycles. The van der Waals surface area contributed by atoms with Crippen molar-refractivity contribution in [3.05, 3.63) is 0 Å². The Hall–Kier alpha value is -0.690. The maximum atomic E-state index is 10.0. The summed E-state index contributed by atoms with van der Waals surface area (Å²) < 4.78 is 0. The molecule has 0 amide bonds. The van der Waals surface area contributed by atoms with Gasteiger partial charge in [0.1, 0.15) is 6.10 Å². The van der Waals surface area contributed by atoms with Crippen LogP contribution in [-0.2, 0) is 4.79 Å². The lowest BCUT2D eigenvalue weighted by Gasteiger charge is -2.18. The van der Waals surface area contributed by atoms with Gasteiger partial charge in [-0.15, -0.1) is 0 Å². The molecule has 0 aromatic carbocycles. The highest BCUT2D eigenvalue weighted by Gasteiger charge is 2.28. The maximum Gasteiger partial charge on any atom is 0.335 e. The summed E-state index contributed by atoms with van der Waals surface area (Å²) in [7, 11) is 0. The molecule has 6 nitrogen and oxygen atoms in total. The summed E-state index contributed by atoms with van der Waals surface area (Å²) >= 11 is 0. The van der Waals surface area contributed by atoms with Crippen LogP contribution in [0.15, 0.2) is 0 Å². The zero-order valence-corrected chi connectivity index (χ0v) is 5.71. The largest absolute Gasteiger partial charge is 0.479 e. The molecule has 6 heteroatoms. The van der Waals surface area contributed by atoms with Crippen LogP contribution in [0.5, 0.6) is 0 Å². The van der Waals surface area contributed by atoms with Gasteiger partial charge in [0.25, 0.3) is 0 Å². The third-order valence-electron chi connectivity index (χ3n) is 1.23. The number of carbonyl (C=O) groups is 1. The predicted octanol–water partition coefficient (Wildman–Crippen LogP) is -2.89. The van der Waals surface area contributed by atoms with Crippen LogP contribution in [0.4, 0.5) is 0 Å². The fourth-order valence-corrected chi connectivity index (χ4v) is 0.488. The van der Waals surface area contributed by atoms with E-state index >= 15 is 0 Å². The van der Waals surface area contributed by atoms with Crippen molar-refractivity contribution >= 4 is 5.97 Å². The molecule has 6 N–H and O–H groups in total. The SMILES string of the molecule is N[C@H](CO)[C@H](O)[C@@H](O)C(=O)O. The van der Waals surface area contributed by atoms with Gasteiger partial charge in [-0.05, 0) is 0 Å². The molecule has 66 valence electrons. The fraction of sp³-hybridized carbons (Fsp3) is 0.800. The Labute approximate surface area is 62.9 Å². The zero-order chi connectivity index (χ0) is 9.02. The highest BCUT2D eigenvalue weighted by Crippen LogP contribution is 1.97. The molecule has 0 saturated heterocycles. The van der Waals surface area contributed by atoms with E-state index in [2.05, 4.69) is 0 Å². The number of carboxylic acids is 1. The Morgan fingerprint density at radius 1 is 1.45 bits per heavy atom. The normalized spacial score (nSPS) is 18.9. The van der Waals surface area contributed by atoms with Crippen molar-refractivity contribution in [3.63, 3.8) is 0 Å². The van der Waals surface area contributed by atoms with Gasteiger partial charge in [-0.2, -0.15) is 0 Å². The fourth-order valence-electron chi connectivity index (χ4n) is 0.488. The topological polar surface area (TPSA) is 124 Å².